The minimum absolute atomic E-state index is 0.0118. The van der Waals surface area contributed by atoms with Gasteiger partial charge in [-0.25, -0.2) is 0 Å². The Morgan fingerprint density at radius 1 is 1.18 bits per heavy atom. The molecule has 2 aromatic rings. The first-order valence-electron chi connectivity index (χ1n) is 5.62. The number of tetrazole rings is 1. The zero-order valence-electron chi connectivity index (χ0n) is 10.9. The molecule has 1 aromatic carbocycles. The van der Waals surface area contributed by atoms with Gasteiger partial charge >= 0.3 is 16.2 Å². The molecule has 0 N–H and O–H groups in total. The maximum Gasteiger partial charge on any atom is 0.310 e. The number of esters is 1. The molecule has 12 heteroatoms. The lowest BCUT2D eigenvalue weighted by Gasteiger charge is -2.40. The molecular weight excluding hydrogens is 335 g/mol. The highest BCUT2D eigenvalue weighted by Crippen LogP contribution is 3.02. The Bertz CT molecular complexity index is 713. The van der Waals surface area contributed by atoms with Crippen molar-refractivity contribution in [2.75, 3.05) is 0 Å². The normalized spacial score (nSPS) is 15.0. The van der Waals surface area contributed by atoms with Crippen molar-refractivity contribution in [2.24, 2.45) is 0 Å². The van der Waals surface area contributed by atoms with E-state index in [9.17, 15) is 24.2 Å². The van der Waals surface area contributed by atoms with E-state index in [1.165, 1.54) is 0 Å². The van der Waals surface area contributed by atoms with Crippen molar-refractivity contribution in [3.63, 3.8) is 0 Å². The second kappa shape index (κ2) is 4.38. The van der Waals surface area contributed by atoms with E-state index in [0.717, 1.165) is 23.7 Å². The number of carbonyl (C=O) groups excluding carboxylic acids is 1. The summed E-state index contributed by atoms with van der Waals surface area (Å²) < 4.78 is 68.7. The highest BCUT2D eigenvalue weighted by molar-refractivity contribution is 8.45. The highest BCUT2D eigenvalue weighted by atomic mass is 32.5. The molecule has 122 valence electrons. The van der Waals surface area contributed by atoms with Gasteiger partial charge < -0.3 is 4.74 Å². The molecule has 0 saturated heterocycles. The van der Waals surface area contributed by atoms with Gasteiger partial charge in [0.25, 0.3) is 0 Å². The van der Waals surface area contributed by atoms with Crippen LogP contribution >= 0.6 is 10.2 Å². The summed E-state index contributed by atoms with van der Waals surface area (Å²) in [7, 11) is -9.72. The third kappa shape index (κ3) is 3.69. The van der Waals surface area contributed by atoms with E-state index in [-0.39, 0.29) is 30.3 Å². The van der Waals surface area contributed by atoms with Gasteiger partial charge in [-0.05, 0) is 34.7 Å². The smallest absolute Gasteiger partial charge is 0.310 e. The Labute approximate surface area is 120 Å². The molecule has 0 saturated carbocycles. The molecule has 0 atom stereocenters. The third-order valence-corrected chi connectivity index (χ3v) is 3.63. The molecule has 0 aliphatic carbocycles. The largest absolute Gasteiger partial charge is 0.458 e. The van der Waals surface area contributed by atoms with E-state index < -0.39 is 21.1 Å². The average Bonchev–Trinajstić information content (AvgIpc) is 2.82. The van der Waals surface area contributed by atoms with E-state index in [4.69, 9.17) is 0 Å². The van der Waals surface area contributed by atoms with Gasteiger partial charge in [0.1, 0.15) is 4.90 Å². The number of carbonyl (C=O) groups is 1. The first kappa shape index (κ1) is 16.1. The third-order valence-electron chi connectivity index (χ3n) is 2.47. The van der Waals surface area contributed by atoms with Crippen LogP contribution in [0.3, 0.4) is 0 Å². The number of ether oxygens (including phenoxy) is 1. The molecule has 22 heavy (non-hydrogen) atoms. The summed E-state index contributed by atoms with van der Waals surface area (Å²) in [6.45, 7) is 0.837. The molecule has 0 bridgehead atoms. The molecule has 1 aromatic heterocycles. The van der Waals surface area contributed by atoms with E-state index in [1.807, 2.05) is 0 Å². The van der Waals surface area contributed by atoms with Crippen molar-refractivity contribution >= 4 is 16.2 Å². The van der Waals surface area contributed by atoms with E-state index in [0.29, 0.717) is 0 Å². The van der Waals surface area contributed by atoms with E-state index in [2.05, 4.69) is 20.3 Å². The molecule has 0 radical (unpaired) electrons. The van der Waals surface area contributed by atoms with Crippen LogP contribution in [0.15, 0.2) is 29.2 Å². The van der Waals surface area contributed by atoms with Gasteiger partial charge in [-0.2, -0.15) is 4.68 Å². The van der Waals surface area contributed by atoms with Crippen molar-refractivity contribution in [2.45, 2.75) is 18.4 Å². The van der Waals surface area contributed by atoms with Crippen LogP contribution in [-0.4, -0.2) is 26.2 Å². The van der Waals surface area contributed by atoms with Crippen molar-refractivity contribution < 1.29 is 29.0 Å². The summed E-state index contributed by atoms with van der Waals surface area (Å²) in [5.41, 5.74) is 0.0118. The first-order valence-corrected chi connectivity index (χ1v) is 7.57. The first-order chi connectivity index (χ1) is 9.86. The van der Waals surface area contributed by atoms with Gasteiger partial charge in [0.2, 0.25) is 0 Å². The predicted octanol–water partition coefficient (Wildman–Crippen LogP) is 3.38. The molecule has 6 nitrogen and oxygen atoms in total. The maximum absolute atomic E-state index is 12.6. The fraction of sp³-hybridized carbons (Fsp3) is 0.200. The lowest BCUT2D eigenvalue weighted by Crippen LogP contribution is -2.09. The van der Waals surface area contributed by atoms with Crippen LogP contribution in [0.4, 0.5) is 19.4 Å². The molecule has 0 aliphatic rings. The molecule has 0 spiro atoms. The van der Waals surface area contributed by atoms with Gasteiger partial charge in [0.15, 0.2) is 12.4 Å². The van der Waals surface area contributed by atoms with Crippen molar-refractivity contribution in [3.8, 4) is 5.69 Å². The Morgan fingerprint density at radius 2 is 1.77 bits per heavy atom. The Balaban J connectivity index is 2.33. The number of hydrogen-bond donors (Lipinski definition) is 0. The Kier molecular flexibility index (Phi) is 3.21. The van der Waals surface area contributed by atoms with Gasteiger partial charge in [-0.3, -0.25) is 4.79 Å². The molecule has 1 heterocycles. The van der Waals surface area contributed by atoms with Gasteiger partial charge in [-0.15, -0.1) is 5.10 Å². The summed E-state index contributed by atoms with van der Waals surface area (Å²) in [6, 6.07) is 2.07. The topological polar surface area (TPSA) is 69.9 Å². The SMILES string of the molecule is CC(=O)OCc1nnnn1-c1ccc(S(F)(F)(F)(F)F)cc1. The maximum atomic E-state index is 12.6. The summed E-state index contributed by atoms with van der Waals surface area (Å²) in [6.07, 6.45) is 0. The fourth-order valence-electron chi connectivity index (χ4n) is 1.51. The van der Waals surface area contributed by atoms with Crippen LogP contribution in [0.1, 0.15) is 12.7 Å². The number of nitrogens with zero attached hydrogens (tertiary/aromatic N) is 4. The van der Waals surface area contributed by atoms with Crippen LogP contribution < -0.4 is 0 Å². The molecular formula is C10H9F5N4O2S. The summed E-state index contributed by atoms with van der Waals surface area (Å²) in [5.74, 6) is -0.582. The van der Waals surface area contributed by atoms with Crippen LogP contribution in [0, 0.1) is 0 Å². The van der Waals surface area contributed by atoms with E-state index in [1.54, 1.807) is 0 Å². The van der Waals surface area contributed by atoms with Crippen LogP contribution in [0.25, 0.3) is 5.69 Å². The summed E-state index contributed by atoms with van der Waals surface area (Å²) in [4.78, 5) is 8.69. The lowest BCUT2D eigenvalue weighted by atomic mass is 10.3. The summed E-state index contributed by atoms with van der Waals surface area (Å²) in [5, 5.41) is 10.3. The molecule has 0 unspecified atom stereocenters. The van der Waals surface area contributed by atoms with Crippen LogP contribution in [0.5, 0.6) is 0 Å². The molecule has 2 rings (SSSR count). The number of halogens is 5. The minimum Gasteiger partial charge on any atom is -0.458 e. The Hall–Kier alpha value is -2.24. The second-order valence-corrected chi connectivity index (χ2v) is 6.66. The fourth-order valence-corrected chi connectivity index (χ4v) is 2.16. The van der Waals surface area contributed by atoms with Gasteiger partial charge in [0.05, 0.1) is 5.69 Å². The zero-order chi connectivity index (χ0) is 16.7. The highest BCUT2D eigenvalue weighted by Gasteiger charge is 2.65. The summed E-state index contributed by atoms with van der Waals surface area (Å²) >= 11 is 0. The average molecular weight is 344 g/mol. The van der Waals surface area contributed by atoms with Gasteiger partial charge in [0, 0.05) is 6.92 Å². The number of rotatable bonds is 4. The number of hydrogen-bond acceptors (Lipinski definition) is 5. The van der Waals surface area contributed by atoms with Crippen molar-refractivity contribution in [1.82, 2.24) is 20.2 Å². The van der Waals surface area contributed by atoms with Crippen molar-refractivity contribution in [3.05, 3.63) is 30.1 Å². The Morgan fingerprint density at radius 3 is 2.27 bits per heavy atom. The predicted molar refractivity (Wildman–Crippen MR) is 66.0 cm³/mol. The van der Waals surface area contributed by atoms with Gasteiger partial charge in [-0.1, -0.05) is 19.4 Å². The number of benzene rings is 1. The number of aromatic nitrogens is 4. The standard InChI is InChI=1S/C10H9F5N4O2S/c1-7(20)21-6-10-16-17-18-19(10)8-2-4-9(5-3-8)22(11,12,13,14)15/h2-5H,6H2,1H3. The monoisotopic (exact) mass is 344 g/mol. The molecule has 0 aliphatic heterocycles. The van der Waals surface area contributed by atoms with Crippen LogP contribution in [-0.2, 0) is 16.1 Å². The lowest BCUT2D eigenvalue weighted by molar-refractivity contribution is -0.142. The van der Waals surface area contributed by atoms with Crippen molar-refractivity contribution in [1.29, 1.82) is 0 Å². The second-order valence-electron chi connectivity index (χ2n) is 4.25. The minimum atomic E-state index is -9.72. The molecule has 0 fully saturated rings. The zero-order valence-corrected chi connectivity index (χ0v) is 11.7. The van der Waals surface area contributed by atoms with E-state index >= 15 is 0 Å². The quantitative estimate of drug-likeness (QED) is 0.628. The molecule has 0 amide bonds. The van der Waals surface area contributed by atoms with Crippen LogP contribution in [0.2, 0.25) is 0 Å².